The van der Waals surface area contributed by atoms with Gasteiger partial charge in [-0.25, -0.2) is 4.98 Å². The number of methoxy groups -OCH3 is 1. The van der Waals surface area contributed by atoms with Crippen LogP contribution in [0.1, 0.15) is 35.6 Å². The Labute approximate surface area is 121 Å². The van der Waals surface area contributed by atoms with E-state index in [-0.39, 0.29) is 0 Å². The normalized spacial score (nSPS) is 19.8. The number of hydrogen-bond acceptors (Lipinski definition) is 7. The third-order valence-electron chi connectivity index (χ3n) is 3.48. The monoisotopic (exact) mass is 294 g/mol. The Balaban J connectivity index is 1.63. The Morgan fingerprint density at radius 3 is 3.30 bits per heavy atom. The molecule has 1 aliphatic heterocycles. The van der Waals surface area contributed by atoms with Crippen LogP contribution in [0.4, 0.5) is 0 Å². The fraction of sp³-hybridized carbons (Fsp3) is 0.615. The highest BCUT2D eigenvalue weighted by Crippen LogP contribution is 2.33. The molecule has 0 saturated carbocycles. The van der Waals surface area contributed by atoms with Crippen LogP contribution < -0.4 is 0 Å². The van der Waals surface area contributed by atoms with Gasteiger partial charge in [0.05, 0.1) is 19.2 Å². The Bertz CT molecular complexity index is 528. The minimum absolute atomic E-state index is 0.393. The molecule has 108 valence electrons. The summed E-state index contributed by atoms with van der Waals surface area (Å²) < 4.78 is 10.3. The zero-order chi connectivity index (χ0) is 13.8. The molecule has 2 aromatic heterocycles. The molecule has 1 saturated heterocycles. The highest BCUT2D eigenvalue weighted by atomic mass is 32.1. The highest BCUT2D eigenvalue weighted by molar-refractivity contribution is 7.09. The van der Waals surface area contributed by atoms with Crippen molar-refractivity contribution in [2.45, 2.75) is 31.8 Å². The summed E-state index contributed by atoms with van der Waals surface area (Å²) in [7, 11) is 1.67. The van der Waals surface area contributed by atoms with Gasteiger partial charge in [-0.15, -0.1) is 11.3 Å². The number of hydrogen-bond donors (Lipinski definition) is 0. The molecule has 1 fully saturated rings. The maximum absolute atomic E-state index is 5.31. The number of ether oxygens (including phenoxy) is 1. The molecule has 7 heteroatoms. The minimum atomic E-state index is 0.393. The largest absolute Gasteiger partial charge is 0.384 e. The molecule has 3 rings (SSSR count). The van der Waals surface area contributed by atoms with Crippen molar-refractivity contribution < 1.29 is 9.26 Å². The summed E-state index contributed by atoms with van der Waals surface area (Å²) in [5, 5.41) is 7.19. The average molecular weight is 294 g/mol. The van der Waals surface area contributed by atoms with Crippen LogP contribution in [-0.2, 0) is 17.7 Å². The van der Waals surface area contributed by atoms with E-state index >= 15 is 0 Å². The number of nitrogens with zero attached hydrogens (tertiary/aromatic N) is 4. The number of thiazole rings is 1. The SMILES string of the molecule is COCCc1noc(CN2CCC[C@@H]2c2nccs2)n1. The van der Waals surface area contributed by atoms with Gasteiger partial charge >= 0.3 is 0 Å². The minimum Gasteiger partial charge on any atom is -0.384 e. The lowest BCUT2D eigenvalue weighted by atomic mass is 10.2. The van der Waals surface area contributed by atoms with Crippen LogP contribution in [-0.4, -0.2) is 40.3 Å². The van der Waals surface area contributed by atoms with Gasteiger partial charge in [-0.05, 0) is 19.4 Å². The van der Waals surface area contributed by atoms with Gasteiger partial charge in [0, 0.05) is 25.1 Å². The third kappa shape index (κ3) is 3.05. The molecular weight excluding hydrogens is 276 g/mol. The Morgan fingerprint density at radius 2 is 2.50 bits per heavy atom. The van der Waals surface area contributed by atoms with Gasteiger partial charge in [-0.3, -0.25) is 4.90 Å². The van der Waals surface area contributed by atoms with Gasteiger partial charge < -0.3 is 9.26 Å². The molecule has 2 aromatic rings. The average Bonchev–Trinajstić information content (AvgIpc) is 3.18. The number of aromatic nitrogens is 3. The molecule has 1 aliphatic rings. The van der Waals surface area contributed by atoms with Crippen molar-refractivity contribution in [2.75, 3.05) is 20.3 Å². The van der Waals surface area contributed by atoms with Crippen molar-refractivity contribution in [1.29, 1.82) is 0 Å². The van der Waals surface area contributed by atoms with Crippen molar-refractivity contribution in [1.82, 2.24) is 20.0 Å². The van der Waals surface area contributed by atoms with Crippen LogP contribution in [0.25, 0.3) is 0 Å². The van der Waals surface area contributed by atoms with E-state index in [0.29, 0.717) is 37.3 Å². The summed E-state index contributed by atoms with van der Waals surface area (Å²) in [4.78, 5) is 11.2. The maximum Gasteiger partial charge on any atom is 0.240 e. The Morgan fingerprint density at radius 1 is 1.55 bits per heavy atom. The lowest BCUT2D eigenvalue weighted by molar-refractivity contribution is 0.199. The molecule has 1 atom stereocenters. The van der Waals surface area contributed by atoms with Gasteiger partial charge in [0.2, 0.25) is 5.89 Å². The van der Waals surface area contributed by atoms with E-state index in [0.717, 1.165) is 13.0 Å². The summed E-state index contributed by atoms with van der Waals surface area (Å²) in [6.45, 7) is 2.37. The zero-order valence-electron chi connectivity index (χ0n) is 11.5. The topological polar surface area (TPSA) is 64.3 Å². The Kier molecular flexibility index (Phi) is 4.39. The van der Waals surface area contributed by atoms with Crippen LogP contribution >= 0.6 is 11.3 Å². The fourth-order valence-electron chi connectivity index (χ4n) is 2.52. The smallest absolute Gasteiger partial charge is 0.240 e. The lowest BCUT2D eigenvalue weighted by Crippen LogP contribution is -2.22. The molecule has 0 aliphatic carbocycles. The summed E-state index contributed by atoms with van der Waals surface area (Å²) >= 11 is 1.71. The second kappa shape index (κ2) is 6.43. The van der Waals surface area contributed by atoms with E-state index in [9.17, 15) is 0 Å². The van der Waals surface area contributed by atoms with Crippen molar-refractivity contribution >= 4 is 11.3 Å². The molecule has 0 unspecified atom stereocenters. The molecule has 0 N–H and O–H groups in total. The first kappa shape index (κ1) is 13.7. The van der Waals surface area contributed by atoms with Crippen molar-refractivity contribution in [2.24, 2.45) is 0 Å². The maximum atomic E-state index is 5.31. The molecule has 0 bridgehead atoms. The Hall–Kier alpha value is -1.31. The van der Waals surface area contributed by atoms with Gasteiger partial charge in [0.25, 0.3) is 0 Å². The summed E-state index contributed by atoms with van der Waals surface area (Å²) in [5.74, 6) is 1.39. The van der Waals surface area contributed by atoms with Crippen LogP contribution in [0.5, 0.6) is 0 Å². The first-order valence-electron chi connectivity index (χ1n) is 6.80. The van der Waals surface area contributed by atoms with Gasteiger partial charge in [0.15, 0.2) is 5.82 Å². The van der Waals surface area contributed by atoms with Gasteiger partial charge in [-0.2, -0.15) is 4.98 Å². The third-order valence-corrected chi connectivity index (χ3v) is 4.36. The van der Waals surface area contributed by atoms with Gasteiger partial charge in [-0.1, -0.05) is 5.16 Å². The standard InChI is InChI=1S/C13H18N4O2S/c1-18-7-4-11-15-12(19-16-11)9-17-6-2-3-10(17)13-14-5-8-20-13/h5,8,10H,2-4,6-7,9H2,1H3/t10-/m1/s1. The predicted octanol–water partition coefficient (Wildman–Crippen LogP) is 2.05. The van der Waals surface area contributed by atoms with E-state index in [1.54, 1.807) is 18.4 Å². The summed E-state index contributed by atoms with van der Waals surface area (Å²) in [6, 6.07) is 0.393. The molecule has 3 heterocycles. The molecule has 0 aromatic carbocycles. The van der Waals surface area contributed by atoms with Gasteiger partial charge in [0.1, 0.15) is 5.01 Å². The number of rotatable bonds is 6. The fourth-order valence-corrected chi connectivity index (χ4v) is 3.32. The van der Waals surface area contributed by atoms with E-state index in [1.165, 1.54) is 11.4 Å². The van der Waals surface area contributed by atoms with Crippen molar-refractivity contribution in [3.8, 4) is 0 Å². The van der Waals surface area contributed by atoms with Crippen molar-refractivity contribution in [3.63, 3.8) is 0 Å². The summed E-state index contributed by atoms with van der Waals surface area (Å²) in [5.41, 5.74) is 0. The van der Waals surface area contributed by atoms with E-state index in [1.807, 2.05) is 11.6 Å². The predicted molar refractivity (Wildman–Crippen MR) is 74.4 cm³/mol. The molecular formula is C13H18N4O2S. The second-order valence-electron chi connectivity index (χ2n) is 4.85. The van der Waals surface area contributed by atoms with Crippen molar-refractivity contribution in [3.05, 3.63) is 28.3 Å². The zero-order valence-corrected chi connectivity index (χ0v) is 12.3. The van der Waals surface area contributed by atoms with Crippen LogP contribution in [0.15, 0.2) is 16.1 Å². The second-order valence-corrected chi connectivity index (χ2v) is 5.77. The van der Waals surface area contributed by atoms with Crippen LogP contribution in [0, 0.1) is 0 Å². The quantitative estimate of drug-likeness (QED) is 0.812. The molecule has 0 amide bonds. The van der Waals surface area contributed by atoms with E-state index in [2.05, 4.69) is 20.0 Å². The first-order chi connectivity index (χ1) is 9.86. The number of likely N-dealkylation sites (tertiary alicyclic amines) is 1. The highest BCUT2D eigenvalue weighted by Gasteiger charge is 2.29. The molecule has 20 heavy (non-hydrogen) atoms. The molecule has 0 radical (unpaired) electrons. The van der Waals surface area contributed by atoms with Crippen LogP contribution in [0.3, 0.4) is 0 Å². The molecule has 6 nitrogen and oxygen atoms in total. The lowest BCUT2D eigenvalue weighted by Gasteiger charge is -2.20. The molecule has 0 spiro atoms. The van der Waals surface area contributed by atoms with E-state index in [4.69, 9.17) is 9.26 Å². The first-order valence-corrected chi connectivity index (χ1v) is 7.68. The van der Waals surface area contributed by atoms with Crippen LogP contribution in [0.2, 0.25) is 0 Å². The van der Waals surface area contributed by atoms with E-state index < -0.39 is 0 Å². The summed E-state index contributed by atoms with van der Waals surface area (Å²) in [6.07, 6.45) is 4.90.